The van der Waals surface area contributed by atoms with Crippen LogP contribution in [0.4, 0.5) is 0 Å². The molecule has 1 aromatic carbocycles. The molecular formula is C16H17N3O3. The first-order valence-corrected chi connectivity index (χ1v) is 7.28. The number of fused-ring (bicyclic) bond motifs is 1. The molecule has 2 aromatic rings. The van der Waals surface area contributed by atoms with Gasteiger partial charge in [-0.15, -0.1) is 0 Å². The average molecular weight is 299 g/mol. The van der Waals surface area contributed by atoms with Crippen molar-refractivity contribution in [2.75, 3.05) is 6.54 Å². The number of rotatable bonds is 5. The Balaban J connectivity index is 1.50. The molecule has 1 N–H and O–H groups in total. The molecule has 6 heteroatoms. The molecular weight excluding hydrogens is 282 g/mol. The number of nitrogens with zero attached hydrogens (tertiary/aromatic N) is 2. The first kappa shape index (κ1) is 14.3. The zero-order chi connectivity index (χ0) is 15.4. The van der Waals surface area contributed by atoms with Crippen LogP contribution >= 0.6 is 0 Å². The van der Waals surface area contributed by atoms with Crippen molar-refractivity contribution in [1.82, 2.24) is 15.1 Å². The molecule has 114 valence electrons. The Labute approximate surface area is 128 Å². The lowest BCUT2D eigenvalue weighted by Gasteiger charge is -2.23. The van der Waals surface area contributed by atoms with Crippen LogP contribution in [0.25, 0.3) is 0 Å². The molecule has 0 saturated carbocycles. The van der Waals surface area contributed by atoms with Gasteiger partial charge in [-0.25, -0.2) is 4.79 Å². The predicted octanol–water partition coefficient (Wildman–Crippen LogP) is 1.17. The normalized spacial score (nSPS) is 16.7. The summed E-state index contributed by atoms with van der Waals surface area (Å²) in [7, 11) is 0. The van der Waals surface area contributed by atoms with Crippen molar-refractivity contribution >= 4 is 11.9 Å². The lowest BCUT2D eigenvalue weighted by Crippen LogP contribution is -2.42. The first-order chi connectivity index (χ1) is 10.7. The molecule has 0 spiro atoms. The number of hydrogen-bond donors (Lipinski definition) is 1. The van der Waals surface area contributed by atoms with Gasteiger partial charge in [-0.05, 0) is 24.1 Å². The zero-order valence-corrected chi connectivity index (χ0v) is 12.1. The van der Waals surface area contributed by atoms with Crippen molar-refractivity contribution in [2.45, 2.75) is 25.5 Å². The van der Waals surface area contributed by atoms with E-state index in [1.165, 1.54) is 0 Å². The minimum atomic E-state index is -0.743. The van der Waals surface area contributed by atoms with Gasteiger partial charge in [-0.1, -0.05) is 18.2 Å². The van der Waals surface area contributed by atoms with Gasteiger partial charge in [0.15, 0.2) is 6.10 Å². The lowest BCUT2D eigenvalue weighted by molar-refractivity contribution is -0.130. The number of cyclic esters (lactones) is 1. The Hall–Kier alpha value is -2.63. The fourth-order valence-corrected chi connectivity index (χ4v) is 2.48. The van der Waals surface area contributed by atoms with Crippen LogP contribution in [0.15, 0.2) is 42.7 Å². The Morgan fingerprint density at radius 1 is 1.36 bits per heavy atom. The number of aromatic nitrogens is 2. The highest BCUT2D eigenvalue weighted by Crippen LogP contribution is 2.20. The van der Waals surface area contributed by atoms with Crippen molar-refractivity contribution in [3.8, 4) is 0 Å². The minimum absolute atomic E-state index is 0.247. The SMILES string of the molecule is O=C1O[C@H](C(=O)NCCCn2cccn2)Cc2ccccc21. The third-order valence-electron chi connectivity index (χ3n) is 3.61. The van der Waals surface area contributed by atoms with Crippen LogP contribution in [-0.2, 0) is 22.5 Å². The summed E-state index contributed by atoms with van der Waals surface area (Å²) >= 11 is 0. The quantitative estimate of drug-likeness (QED) is 0.664. The average Bonchev–Trinajstić information content (AvgIpc) is 3.04. The van der Waals surface area contributed by atoms with E-state index in [4.69, 9.17) is 4.74 Å². The van der Waals surface area contributed by atoms with E-state index in [2.05, 4.69) is 10.4 Å². The van der Waals surface area contributed by atoms with Crippen LogP contribution in [-0.4, -0.2) is 34.3 Å². The number of amides is 1. The molecule has 1 atom stereocenters. The number of carbonyl (C=O) groups excluding carboxylic acids is 2. The summed E-state index contributed by atoms with van der Waals surface area (Å²) in [5.41, 5.74) is 1.40. The molecule has 0 aliphatic carbocycles. The van der Waals surface area contributed by atoms with Crippen LogP contribution in [0, 0.1) is 0 Å². The van der Waals surface area contributed by atoms with E-state index in [-0.39, 0.29) is 5.91 Å². The number of carbonyl (C=O) groups is 2. The molecule has 22 heavy (non-hydrogen) atoms. The van der Waals surface area contributed by atoms with Crippen molar-refractivity contribution in [2.24, 2.45) is 0 Å². The maximum Gasteiger partial charge on any atom is 0.339 e. The number of aryl methyl sites for hydroxylation is 1. The van der Waals surface area contributed by atoms with Crippen molar-refractivity contribution in [3.05, 3.63) is 53.9 Å². The van der Waals surface area contributed by atoms with Crippen molar-refractivity contribution < 1.29 is 14.3 Å². The summed E-state index contributed by atoms with van der Waals surface area (Å²) in [4.78, 5) is 24.0. The smallest absolute Gasteiger partial charge is 0.339 e. The van der Waals surface area contributed by atoms with Gasteiger partial charge in [0.1, 0.15) is 0 Å². The van der Waals surface area contributed by atoms with Gasteiger partial charge in [0, 0.05) is 31.9 Å². The largest absolute Gasteiger partial charge is 0.448 e. The summed E-state index contributed by atoms with van der Waals surface area (Å²) in [6.07, 6.45) is 4.05. The van der Waals surface area contributed by atoms with E-state index in [1.807, 2.05) is 29.1 Å². The minimum Gasteiger partial charge on any atom is -0.448 e. The van der Waals surface area contributed by atoms with Gasteiger partial charge in [0.2, 0.25) is 0 Å². The Morgan fingerprint density at radius 3 is 3.05 bits per heavy atom. The lowest BCUT2D eigenvalue weighted by atomic mass is 9.98. The van der Waals surface area contributed by atoms with Gasteiger partial charge in [-0.3, -0.25) is 9.48 Å². The molecule has 0 unspecified atom stereocenters. The Kier molecular flexibility index (Phi) is 4.18. The third-order valence-corrected chi connectivity index (χ3v) is 3.61. The highest BCUT2D eigenvalue weighted by molar-refractivity contribution is 5.95. The molecule has 0 radical (unpaired) electrons. The number of esters is 1. The van der Waals surface area contributed by atoms with Gasteiger partial charge in [-0.2, -0.15) is 5.10 Å². The number of ether oxygens (including phenoxy) is 1. The van der Waals surface area contributed by atoms with Gasteiger partial charge < -0.3 is 10.1 Å². The highest BCUT2D eigenvalue weighted by Gasteiger charge is 2.30. The van der Waals surface area contributed by atoms with Crippen LogP contribution in [0.1, 0.15) is 22.3 Å². The second-order valence-corrected chi connectivity index (χ2v) is 5.17. The van der Waals surface area contributed by atoms with E-state index >= 15 is 0 Å². The molecule has 1 amide bonds. The van der Waals surface area contributed by atoms with Gasteiger partial charge in [0.25, 0.3) is 5.91 Å². The molecule has 6 nitrogen and oxygen atoms in total. The molecule has 0 saturated heterocycles. The second-order valence-electron chi connectivity index (χ2n) is 5.17. The molecule has 0 fully saturated rings. The first-order valence-electron chi connectivity index (χ1n) is 7.28. The summed E-state index contributed by atoms with van der Waals surface area (Å²) in [6, 6.07) is 9.08. The highest BCUT2D eigenvalue weighted by atomic mass is 16.5. The Morgan fingerprint density at radius 2 is 2.23 bits per heavy atom. The van der Waals surface area contributed by atoms with Gasteiger partial charge >= 0.3 is 5.97 Å². The van der Waals surface area contributed by atoms with Crippen molar-refractivity contribution in [1.29, 1.82) is 0 Å². The monoisotopic (exact) mass is 299 g/mol. The second kappa shape index (κ2) is 6.43. The van der Waals surface area contributed by atoms with E-state index in [1.54, 1.807) is 18.3 Å². The predicted molar refractivity (Wildman–Crippen MR) is 79.2 cm³/mol. The molecule has 2 heterocycles. The molecule has 1 aromatic heterocycles. The summed E-state index contributed by atoms with van der Waals surface area (Å²) < 4.78 is 7.02. The van der Waals surface area contributed by atoms with Crippen LogP contribution in [0.5, 0.6) is 0 Å². The van der Waals surface area contributed by atoms with E-state index in [0.717, 1.165) is 18.5 Å². The van der Waals surface area contributed by atoms with E-state index < -0.39 is 12.1 Å². The standard InChI is InChI=1S/C16H17N3O3/c20-15(17-7-3-9-19-10-4-8-18-19)14-11-12-5-1-2-6-13(12)16(21)22-14/h1-2,4-6,8,10,14H,3,7,9,11H2,(H,17,20)/t14-/m0/s1. The van der Waals surface area contributed by atoms with E-state index in [0.29, 0.717) is 18.5 Å². The fraction of sp³-hybridized carbons (Fsp3) is 0.312. The number of nitrogens with one attached hydrogen (secondary N) is 1. The number of benzene rings is 1. The maximum atomic E-state index is 12.1. The maximum absolute atomic E-state index is 12.1. The van der Waals surface area contributed by atoms with Crippen molar-refractivity contribution in [3.63, 3.8) is 0 Å². The molecule has 0 bridgehead atoms. The topological polar surface area (TPSA) is 73.2 Å². The van der Waals surface area contributed by atoms with Crippen LogP contribution in [0.3, 0.4) is 0 Å². The molecule has 3 rings (SSSR count). The Bertz CT molecular complexity index is 667. The third kappa shape index (κ3) is 3.16. The van der Waals surface area contributed by atoms with Crippen LogP contribution in [0.2, 0.25) is 0 Å². The fourth-order valence-electron chi connectivity index (χ4n) is 2.48. The van der Waals surface area contributed by atoms with Crippen LogP contribution < -0.4 is 5.32 Å². The summed E-state index contributed by atoms with van der Waals surface area (Å²) in [5, 5.41) is 6.90. The molecule has 1 aliphatic heterocycles. The van der Waals surface area contributed by atoms with Gasteiger partial charge in [0.05, 0.1) is 5.56 Å². The zero-order valence-electron chi connectivity index (χ0n) is 12.1. The molecule has 1 aliphatic rings. The number of hydrogen-bond acceptors (Lipinski definition) is 4. The summed E-state index contributed by atoms with van der Waals surface area (Å²) in [6.45, 7) is 1.26. The summed E-state index contributed by atoms with van der Waals surface area (Å²) in [5.74, 6) is -0.679. The van der Waals surface area contributed by atoms with E-state index in [9.17, 15) is 9.59 Å².